The Balaban J connectivity index is 1.65. The van der Waals surface area contributed by atoms with E-state index in [1.807, 2.05) is 36.4 Å². The molecule has 3 rings (SSSR count). The number of nitrogens with zero attached hydrogens (tertiary/aromatic N) is 1. The second-order valence-electron chi connectivity index (χ2n) is 5.03. The lowest BCUT2D eigenvalue weighted by molar-refractivity contribution is -0.115. The van der Waals surface area contributed by atoms with Gasteiger partial charge >= 0.3 is 0 Å². The normalized spacial score (nSPS) is 29.2. The standard InChI is InChI=1S/C16H17NO/c1-12-15(16(18)14-9-5-6-10-14)17(12)11-13-7-3-2-4-8-13/h2-9,12,15H,10-11H2,1H3/t12-,15-,17?/m0/s1. The molecule has 1 heterocycles. The van der Waals surface area contributed by atoms with Crippen LogP contribution in [0.25, 0.3) is 0 Å². The van der Waals surface area contributed by atoms with Gasteiger partial charge in [-0.2, -0.15) is 0 Å². The molecule has 3 atom stereocenters. The number of rotatable bonds is 4. The number of Topliss-reactive ketones (excluding diaryl/α,β-unsaturated/α-hetero) is 1. The minimum Gasteiger partial charge on any atom is -0.293 e. The molecule has 0 aromatic heterocycles. The van der Waals surface area contributed by atoms with Gasteiger partial charge in [0.2, 0.25) is 0 Å². The Morgan fingerprint density at radius 3 is 2.78 bits per heavy atom. The van der Waals surface area contributed by atoms with Crippen molar-refractivity contribution in [2.24, 2.45) is 0 Å². The molecular formula is C16H17NO. The van der Waals surface area contributed by atoms with E-state index in [2.05, 4.69) is 24.0 Å². The van der Waals surface area contributed by atoms with Crippen LogP contribution in [-0.4, -0.2) is 22.8 Å². The van der Waals surface area contributed by atoms with Crippen LogP contribution >= 0.6 is 0 Å². The maximum Gasteiger partial charge on any atom is 0.177 e. The molecule has 2 nitrogen and oxygen atoms in total. The Hall–Kier alpha value is -1.67. The number of ketones is 1. The molecule has 1 saturated heterocycles. The van der Waals surface area contributed by atoms with E-state index in [0.29, 0.717) is 11.8 Å². The van der Waals surface area contributed by atoms with E-state index in [0.717, 1.165) is 18.5 Å². The van der Waals surface area contributed by atoms with Crippen LogP contribution in [0.4, 0.5) is 0 Å². The Bertz CT molecular complexity index is 515. The molecule has 0 amide bonds. The summed E-state index contributed by atoms with van der Waals surface area (Å²) in [6.07, 6.45) is 6.78. The van der Waals surface area contributed by atoms with Crippen molar-refractivity contribution in [2.45, 2.75) is 32.0 Å². The van der Waals surface area contributed by atoms with Gasteiger partial charge < -0.3 is 0 Å². The molecule has 1 aliphatic heterocycles. The fourth-order valence-electron chi connectivity index (χ4n) is 2.64. The van der Waals surface area contributed by atoms with Gasteiger partial charge in [0.05, 0.1) is 6.04 Å². The summed E-state index contributed by atoms with van der Waals surface area (Å²) in [5, 5.41) is 0. The second-order valence-corrected chi connectivity index (χ2v) is 5.03. The minimum atomic E-state index is 0.0938. The number of carbonyl (C=O) groups is 1. The highest BCUT2D eigenvalue weighted by molar-refractivity contribution is 6.02. The average molecular weight is 239 g/mol. The van der Waals surface area contributed by atoms with Gasteiger partial charge in [-0.1, -0.05) is 48.6 Å². The topological polar surface area (TPSA) is 20.1 Å². The van der Waals surface area contributed by atoms with Crippen molar-refractivity contribution < 1.29 is 4.79 Å². The van der Waals surface area contributed by atoms with E-state index in [9.17, 15) is 4.79 Å². The van der Waals surface area contributed by atoms with Crippen LogP contribution in [0.1, 0.15) is 18.9 Å². The summed E-state index contributed by atoms with van der Waals surface area (Å²) in [5.74, 6) is 0.309. The summed E-state index contributed by atoms with van der Waals surface area (Å²) < 4.78 is 0. The highest BCUT2D eigenvalue weighted by Crippen LogP contribution is 2.33. The summed E-state index contributed by atoms with van der Waals surface area (Å²) in [6.45, 7) is 3.01. The van der Waals surface area contributed by atoms with Gasteiger partial charge in [-0.3, -0.25) is 9.69 Å². The van der Waals surface area contributed by atoms with E-state index in [4.69, 9.17) is 0 Å². The molecular weight excluding hydrogens is 222 g/mol. The van der Waals surface area contributed by atoms with E-state index in [-0.39, 0.29) is 6.04 Å². The lowest BCUT2D eigenvalue weighted by atomic mass is 10.1. The number of carbonyl (C=O) groups excluding carboxylic acids is 1. The largest absolute Gasteiger partial charge is 0.293 e. The Kier molecular flexibility index (Phi) is 2.88. The molecule has 1 aliphatic carbocycles. The van der Waals surface area contributed by atoms with Crippen LogP contribution in [0, 0.1) is 0 Å². The lowest BCUT2D eigenvalue weighted by Crippen LogP contribution is -2.14. The molecule has 0 bridgehead atoms. The molecule has 18 heavy (non-hydrogen) atoms. The van der Waals surface area contributed by atoms with Gasteiger partial charge in [0.25, 0.3) is 0 Å². The number of benzene rings is 1. The summed E-state index contributed by atoms with van der Waals surface area (Å²) in [6, 6.07) is 10.8. The molecule has 0 radical (unpaired) electrons. The van der Waals surface area contributed by atoms with Crippen LogP contribution in [-0.2, 0) is 11.3 Å². The minimum absolute atomic E-state index is 0.0938. The zero-order valence-electron chi connectivity index (χ0n) is 10.5. The molecule has 0 N–H and O–H groups in total. The first kappa shape index (κ1) is 11.4. The van der Waals surface area contributed by atoms with Gasteiger partial charge in [-0.05, 0) is 18.9 Å². The van der Waals surface area contributed by atoms with Crippen LogP contribution < -0.4 is 0 Å². The fourth-order valence-corrected chi connectivity index (χ4v) is 2.64. The summed E-state index contributed by atoms with van der Waals surface area (Å²) in [5.41, 5.74) is 2.24. The fraction of sp³-hybridized carbons (Fsp3) is 0.312. The first-order valence-corrected chi connectivity index (χ1v) is 6.47. The van der Waals surface area contributed by atoms with Gasteiger partial charge in [0, 0.05) is 18.2 Å². The number of hydrogen-bond acceptors (Lipinski definition) is 2. The second kappa shape index (κ2) is 4.54. The van der Waals surface area contributed by atoms with Crippen LogP contribution in [0.5, 0.6) is 0 Å². The maximum atomic E-state index is 12.3. The van der Waals surface area contributed by atoms with E-state index in [1.165, 1.54) is 5.56 Å². The lowest BCUT2D eigenvalue weighted by Gasteiger charge is -2.04. The molecule has 0 saturated carbocycles. The summed E-state index contributed by atoms with van der Waals surface area (Å²) >= 11 is 0. The zero-order chi connectivity index (χ0) is 12.5. The third-order valence-electron chi connectivity index (χ3n) is 3.81. The molecule has 1 unspecified atom stereocenters. The molecule has 92 valence electrons. The van der Waals surface area contributed by atoms with Crippen molar-refractivity contribution >= 4 is 5.78 Å². The molecule has 1 aromatic rings. The molecule has 2 heteroatoms. The summed E-state index contributed by atoms with van der Waals surface area (Å²) in [4.78, 5) is 14.5. The summed E-state index contributed by atoms with van der Waals surface area (Å²) in [7, 11) is 0. The van der Waals surface area contributed by atoms with Crippen LogP contribution in [0.15, 0.2) is 54.1 Å². The zero-order valence-corrected chi connectivity index (χ0v) is 10.5. The predicted molar refractivity (Wildman–Crippen MR) is 72.1 cm³/mol. The SMILES string of the molecule is C[C@H]1[C@@H](C(=O)C2=CC=CC2)N1Cc1ccccc1. The number of allylic oxidation sites excluding steroid dienone is 3. The van der Waals surface area contributed by atoms with Crippen LogP contribution in [0.3, 0.4) is 0 Å². The van der Waals surface area contributed by atoms with E-state index >= 15 is 0 Å². The van der Waals surface area contributed by atoms with Gasteiger partial charge in [0.1, 0.15) is 0 Å². The highest BCUT2D eigenvalue weighted by Gasteiger charge is 2.49. The molecule has 2 aliphatic rings. The van der Waals surface area contributed by atoms with Crippen molar-refractivity contribution in [1.29, 1.82) is 0 Å². The average Bonchev–Trinajstić information content (AvgIpc) is 2.85. The van der Waals surface area contributed by atoms with E-state index in [1.54, 1.807) is 0 Å². The molecule has 1 fully saturated rings. The van der Waals surface area contributed by atoms with Crippen molar-refractivity contribution in [3.63, 3.8) is 0 Å². The third-order valence-corrected chi connectivity index (χ3v) is 3.81. The van der Waals surface area contributed by atoms with Gasteiger partial charge in [0.15, 0.2) is 5.78 Å². The quantitative estimate of drug-likeness (QED) is 0.753. The van der Waals surface area contributed by atoms with Crippen molar-refractivity contribution in [3.05, 3.63) is 59.7 Å². The predicted octanol–water partition coefficient (Wildman–Crippen LogP) is 2.71. The van der Waals surface area contributed by atoms with Gasteiger partial charge in [-0.15, -0.1) is 0 Å². The molecule has 0 spiro atoms. The monoisotopic (exact) mass is 239 g/mol. The van der Waals surface area contributed by atoms with Crippen molar-refractivity contribution in [1.82, 2.24) is 4.90 Å². The highest BCUT2D eigenvalue weighted by atomic mass is 16.1. The molecule has 1 aromatic carbocycles. The first-order chi connectivity index (χ1) is 8.77. The van der Waals surface area contributed by atoms with Crippen LogP contribution in [0.2, 0.25) is 0 Å². The number of hydrogen-bond donors (Lipinski definition) is 0. The van der Waals surface area contributed by atoms with Gasteiger partial charge in [-0.25, -0.2) is 0 Å². The van der Waals surface area contributed by atoms with Crippen molar-refractivity contribution in [2.75, 3.05) is 0 Å². The third kappa shape index (κ3) is 2.04. The first-order valence-electron chi connectivity index (χ1n) is 6.47. The Morgan fingerprint density at radius 1 is 1.33 bits per heavy atom. The Labute approximate surface area is 108 Å². The maximum absolute atomic E-state index is 12.3. The van der Waals surface area contributed by atoms with E-state index < -0.39 is 0 Å². The smallest absolute Gasteiger partial charge is 0.177 e. The van der Waals surface area contributed by atoms with Crippen molar-refractivity contribution in [3.8, 4) is 0 Å². The Morgan fingerprint density at radius 2 is 2.11 bits per heavy atom.